The molecule has 24 heavy (non-hydrogen) atoms. The van der Waals surface area contributed by atoms with Crippen molar-refractivity contribution in [3.05, 3.63) is 45.7 Å². The Morgan fingerprint density at radius 2 is 1.79 bits per heavy atom. The largest absolute Gasteiger partial charge is 0.341 e. The molecular weight excluding hydrogens is 324 g/mol. The number of nitrogens with one attached hydrogen (secondary N) is 1. The second-order valence-electron chi connectivity index (χ2n) is 5.76. The maximum atomic E-state index is 12.6. The predicted molar refractivity (Wildman–Crippen MR) is 99.2 cm³/mol. The zero-order valence-electron chi connectivity index (χ0n) is 14.8. The van der Waals surface area contributed by atoms with Gasteiger partial charge in [0.2, 0.25) is 5.95 Å². The lowest BCUT2D eigenvalue weighted by Gasteiger charge is -2.19. The van der Waals surface area contributed by atoms with Crippen LogP contribution in [0.25, 0.3) is 0 Å². The Bertz CT molecular complexity index is 734. The van der Waals surface area contributed by atoms with Gasteiger partial charge in [-0.15, -0.1) is 0 Å². The van der Waals surface area contributed by atoms with Gasteiger partial charge in [-0.05, 0) is 57.9 Å². The van der Waals surface area contributed by atoms with Crippen LogP contribution in [0, 0.1) is 20.8 Å². The predicted octanol–water partition coefficient (Wildman–Crippen LogP) is 4.15. The van der Waals surface area contributed by atoms with Crippen molar-refractivity contribution in [2.45, 2.75) is 34.6 Å². The van der Waals surface area contributed by atoms with Crippen LogP contribution < -0.4 is 10.2 Å². The van der Waals surface area contributed by atoms with Gasteiger partial charge in [-0.1, -0.05) is 17.7 Å². The summed E-state index contributed by atoms with van der Waals surface area (Å²) >= 11 is 6.27. The first kappa shape index (κ1) is 18.2. The van der Waals surface area contributed by atoms with Gasteiger partial charge in [0.25, 0.3) is 5.91 Å². The van der Waals surface area contributed by atoms with E-state index in [0.29, 0.717) is 22.4 Å². The van der Waals surface area contributed by atoms with E-state index in [0.717, 1.165) is 29.9 Å². The fourth-order valence-corrected chi connectivity index (χ4v) is 2.94. The summed E-state index contributed by atoms with van der Waals surface area (Å²) in [7, 11) is 0. The smallest absolute Gasteiger partial charge is 0.274 e. The molecule has 1 heterocycles. The summed E-state index contributed by atoms with van der Waals surface area (Å²) in [5, 5.41) is 3.40. The van der Waals surface area contributed by atoms with E-state index in [9.17, 15) is 4.79 Å². The molecular formula is C18H23ClN4O. The number of carbonyl (C=O) groups is 1. The summed E-state index contributed by atoms with van der Waals surface area (Å²) in [4.78, 5) is 23.5. The van der Waals surface area contributed by atoms with Crippen LogP contribution >= 0.6 is 11.6 Å². The average Bonchev–Trinajstić information content (AvgIpc) is 2.51. The van der Waals surface area contributed by atoms with Crippen molar-refractivity contribution in [3.8, 4) is 0 Å². The fraction of sp³-hybridized carbons (Fsp3) is 0.389. The van der Waals surface area contributed by atoms with Crippen LogP contribution in [0.5, 0.6) is 0 Å². The molecule has 0 saturated heterocycles. The first-order valence-electron chi connectivity index (χ1n) is 8.04. The van der Waals surface area contributed by atoms with Crippen LogP contribution in [-0.4, -0.2) is 29.0 Å². The number of hydrogen-bond acceptors (Lipinski definition) is 4. The Balaban J connectivity index is 2.34. The van der Waals surface area contributed by atoms with E-state index in [1.165, 1.54) is 0 Å². The summed E-state index contributed by atoms with van der Waals surface area (Å²) < 4.78 is 0. The highest BCUT2D eigenvalue weighted by Crippen LogP contribution is 2.27. The zero-order valence-corrected chi connectivity index (χ0v) is 15.5. The fourth-order valence-electron chi connectivity index (χ4n) is 2.57. The van der Waals surface area contributed by atoms with E-state index in [1.54, 1.807) is 6.07 Å². The van der Waals surface area contributed by atoms with Crippen molar-refractivity contribution in [2.24, 2.45) is 0 Å². The van der Waals surface area contributed by atoms with E-state index in [-0.39, 0.29) is 5.91 Å². The topological polar surface area (TPSA) is 58.1 Å². The van der Waals surface area contributed by atoms with Crippen LogP contribution in [0.4, 0.5) is 11.6 Å². The van der Waals surface area contributed by atoms with Crippen LogP contribution in [-0.2, 0) is 0 Å². The normalized spacial score (nSPS) is 10.6. The quantitative estimate of drug-likeness (QED) is 0.883. The standard InChI is InChI=1S/C18H23ClN4O/c1-6-23(7-2)18-20-13(5)10-15(21-18)17(24)22-16-12(4)8-11(3)9-14(16)19/h8-10H,6-7H2,1-5H3,(H,22,24). The molecule has 1 aromatic heterocycles. The third-order valence-corrected chi connectivity index (χ3v) is 4.09. The van der Waals surface area contributed by atoms with Gasteiger partial charge in [0.05, 0.1) is 10.7 Å². The molecule has 0 aliphatic carbocycles. The summed E-state index contributed by atoms with van der Waals surface area (Å²) in [6.07, 6.45) is 0. The van der Waals surface area contributed by atoms with Crippen molar-refractivity contribution in [3.63, 3.8) is 0 Å². The number of benzene rings is 1. The molecule has 0 fully saturated rings. The lowest BCUT2D eigenvalue weighted by Crippen LogP contribution is -2.26. The van der Waals surface area contributed by atoms with Crippen molar-refractivity contribution >= 4 is 29.1 Å². The second-order valence-corrected chi connectivity index (χ2v) is 6.17. The van der Waals surface area contributed by atoms with Crippen LogP contribution in [0.3, 0.4) is 0 Å². The van der Waals surface area contributed by atoms with Gasteiger partial charge >= 0.3 is 0 Å². The Morgan fingerprint density at radius 3 is 2.38 bits per heavy atom. The summed E-state index contributed by atoms with van der Waals surface area (Å²) in [6.45, 7) is 11.4. The number of anilines is 2. The molecule has 128 valence electrons. The van der Waals surface area contributed by atoms with Crippen molar-refractivity contribution in [2.75, 3.05) is 23.3 Å². The van der Waals surface area contributed by atoms with Gasteiger partial charge < -0.3 is 10.2 Å². The monoisotopic (exact) mass is 346 g/mol. The average molecular weight is 347 g/mol. The zero-order chi connectivity index (χ0) is 17.9. The van der Waals surface area contributed by atoms with Gasteiger partial charge in [-0.2, -0.15) is 0 Å². The van der Waals surface area contributed by atoms with E-state index in [2.05, 4.69) is 15.3 Å². The maximum absolute atomic E-state index is 12.6. The minimum Gasteiger partial charge on any atom is -0.341 e. The highest BCUT2D eigenvalue weighted by atomic mass is 35.5. The van der Waals surface area contributed by atoms with E-state index in [1.807, 2.05) is 51.7 Å². The Kier molecular flexibility index (Phi) is 5.78. The molecule has 5 nitrogen and oxygen atoms in total. The van der Waals surface area contributed by atoms with E-state index in [4.69, 9.17) is 11.6 Å². The number of aryl methyl sites for hydroxylation is 3. The highest BCUT2D eigenvalue weighted by Gasteiger charge is 2.16. The number of nitrogens with zero attached hydrogens (tertiary/aromatic N) is 3. The van der Waals surface area contributed by atoms with Crippen molar-refractivity contribution in [1.29, 1.82) is 0 Å². The van der Waals surface area contributed by atoms with Crippen LogP contribution in [0.1, 0.15) is 41.2 Å². The van der Waals surface area contributed by atoms with Gasteiger partial charge in [0, 0.05) is 18.8 Å². The summed E-state index contributed by atoms with van der Waals surface area (Å²) in [5.74, 6) is 0.277. The Hall–Kier alpha value is -2.14. The number of amides is 1. The van der Waals surface area contributed by atoms with Crippen molar-refractivity contribution < 1.29 is 4.79 Å². The second kappa shape index (κ2) is 7.62. The number of hydrogen-bond donors (Lipinski definition) is 1. The molecule has 0 atom stereocenters. The van der Waals surface area contributed by atoms with Crippen molar-refractivity contribution in [1.82, 2.24) is 9.97 Å². The first-order chi connectivity index (χ1) is 11.3. The lowest BCUT2D eigenvalue weighted by molar-refractivity contribution is 0.102. The molecule has 0 saturated carbocycles. The number of carbonyl (C=O) groups excluding carboxylic acids is 1. The molecule has 2 aromatic rings. The van der Waals surface area contributed by atoms with Gasteiger partial charge in [-0.3, -0.25) is 4.79 Å². The SMILES string of the molecule is CCN(CC)c1nc(C)cc(C(=O)Nc2c(C)cc(C)cc2Cl)n1. The molecule has 2 rings (SSSR count). The molecule has 1 amide bonds. The van der Waals surface area contributed by atoms with Gasteiger partial charge in [0.1, 0.15) is 5.69 Å². The maximum Gasteiger partial charge on any atom is 0.274 e. The van der Waals surface area contributed by atoms with Crippen LogP contribution in [0.15, 0.2) is 18.2 Å². The molecule has 0 aliphatic rings. The third kappa shape index (κ3) is 4.03. The first-order valence-corrected chi connectivity index (χ1v) is 8.42. The number of rotatable bonds is 5. The minimum absolute atomic E-state index is 0.289. The third-order valence-electron chi connectivity index (χ3n) is 3.79. The minimum atomic E-state index is -0.289. The van der Waals surface area contributed by atoms with E-state index >= 15 is 0 Å². The molecule has 0 aliphatic heterocycles. The highest BCUT2D eigenvalue weighted by molar-refractivity contribution is 6.34. The molecule has 1 aromatic carbocycles. The molecule has 0 bridgehead atoms. The Morgan fingerprint density at radius 1 is 1.12 bits per heavy atom. The molecule has 0 spiro atoms. The number of aromatic nitrogens is 2. The number of halogens is 1. The van der Waals surface area contributed by atoms with Gasteiger partial charge in [-0.25, -0.2) is 9.97 Å². The molecule has 0 unspecified atom stereocenters. The molecule has 6 heteroatoms. The summed E-state index contributed by atoms with van der Waals surface area (Å²) in [6, 6.07) is 5.49. The molecule has 0 radical (unpaired) electrons. The van der Waals surface area contributed by atoms with Crippen LogP contribution in [0.2, 0.25) is 5.02 Å². The lowest BCUT2D eigenvalue weighted by atomic mass is 10.1. The molecule has 1 N–H and O–H groups in total. The Labute approximate surface area is 148 Å². The van der Waals surface area contributed by atoms with Gasteiger partial charge in [0.15, 0.2) is 0 Å². The summed E-state index contributed by atoms with van der Waals surface area (Å²) in [5.41, 5.74) is 3.68. The van der Waals surface area contributed by atoms with E-state index < -0.39 is 0 Å².